The number of rotatable bonds is 5. The third kappa shape index (κ3) is 3.37. The van der Waals surface area contributed by atoms with Crippen molar-refractivity contribution in [3.05, 3.63) is 24.3 Å². The fourth-order valence-electron chi connectivity index (χ4n) is 1.77. The molecule has 0 bridgehead atoms. The van der Waals surface area contributed by atoms with Gasteiger partial charge in [-0.1, -0.05) is 12.1 Å². The van der Waals surface area contributed by atoms with Crippen molar-refractivity contribution in [2.45, 2.75) is 12.8 Å². The largest absolute Gasteiger partial charge is 0.397 e. The molecule has 1 aromatic carbocycles. The molecule has 0 unspecified atom stereocenters. The summed E-state index contributed by atoms with van der Waals surface area (Å²) in [6, 6.07) is 7.57. The number of amides is 1. The van der Waals surface area contributed by atoms with Gasteiger partial charge in [0.25, 0.3) is 0 Å². The molecule has 1 aromatic rings. The summed E-state index contributed by atoms with van der Waals surface area (Å²) < 4.78 is 0. The summed E-state index contributed by atoms with van der Waals surface area (Å²) in [7, 11) is 1.88. The maximum absolute atomic E-state index is 11.7. The van der Waals surface area contributed by atoms with Gasteiger partial charge in [0.05, 0.1) is 17.9 Å². The second kappa shape index (κ2) is 5.08. The molecule has 4 heteroatoms. The Morgan fingerprint density at radius 1 is 1.47 bits per heavy atom. The van der Waals surface area contributed by atoms with Crippen molar-refractivity contribution in [2.24, 2.45) is 5.92 Å². The van der Waals surface area contributed by atoms with Crippen molar-refractivity contribution in [1.82, 2.24) is 5.32 Å². The van der Waals surface area contributed by atoms with E-state index in [1.54, 1.807) is 0 Å². The molecule has 0 heterocycles. The Morgan fingerprint density at radius 2 is 2.18 bits per heavy atom. The maximum atomic E-state index is 11.7. The van der Waals surface area contributed by atoms with Gasteiger partial charge in [-0.3, -0.25) is 4.79 Å². The number of carbonyl (C=O) groups is 1. The lowest BCUT2D eigenvalue weighted by Crippen LogP contribution is -2.36. The zero-order valence-electron chi connectivity index (χ0n) is 10.1. The van der Waals surface area contributed by atoms with Crippen molar-refractivity contribution in [3.8, 4) is 0 Å². The van der Waals surface area contributed by atoms with E-state index < -0.39 is 0 Å². The highest BCUT2D eigenvalue weighted by atomic mass is 16.2. The monoisotopic (exact) mass is 233 g/mol. The summed E-state index contributed by atoms with van der Waals surface area (Å²) in [6.45, 7) is 1.16. The first-order valence-corrected chi connectivity index (χ1v) is 5.99. The number of nitrogen functional groups attached to an aromatic ring is 1. The molecule has 0 aliphatic heterocycles. The van der Waals surface area contributed by atoms with Crippen LogP contribution in [0.3, 0.4) is 0 Å². The number of likely N-dealkylation sites (N-methyl/N-ethyl adjacent to an activating group) is 1. The number of nitrogens with zero attached hydrogens (tertiary/aromatic N) is 1. The van der Waals surface area contributed by atoms with Crippen molar-refractivity contribution in [3.63, 3.8) is 0 Å². The van der Waals surface area contributed by atoms with Crippen LogP contribution in [0.25, 0.3) is 0 Å². The fraction of sp³-hybridized carbons (Fsp3) is 0.462. The molecule has 92 valence electrons. The Labute approximate surface area is 102 Å². The van der Waals surface area contributed by atoms with Crippen LogP contribution in [-0.4, -0.2) is 26.0 Å². The molecule has 4 nitrogen and oxygen atoms in total. The predicted octanol–water partition coefficient (Wildman–Crippen LogP) is 1.23. The highest BCUT2D eigenvalue weighted by Crippen LogP contribution is 2.27. The highest BCUT2D eigenvalue weighted by molar-refractivity contribution is 5.82. The number of nitrogens with two attached hydrogens (primary N) is 1. The van der Waals surface area contributed by atoms with Gasteiger partial charge in [0.15, 0.2) is 0 Å². The van der Waals surface area contributed by atoms with Crippen LogP contribution < -0.4 is 16.0 Å². The molecule has 2 rings (SSSR count). The highest BCUT2D eigenvalue weighted by Gasteiger charge is 2.21. The Hall–Kier alpha value is -1.71. The second-order valence-corrected chi connectivity index (χ2v) is 4.66. The van der Waals surface area contributed by atoms with Crippen molar-refractivity contribution >= 4 is 17.3 Å². The molecule has 0 aromatic heterocycles. The van der Waals surface area contributed by atoms with E-state index >= 15 is 0 Å². The van der Waals surface area contributed by atoms with Crippen LogP contribution in [0.15, 0.2) is 24.3 Å². The van der Waals surface area contributed by atoms with Gasteiger partial charge in [-0.25, -0.2) is 0 Å². The molecule has 0 atom stereocenters. The molecule has 1 aliphatic carbocycles. The van der Waals surface area contributed by atoms with Crippen LogP contribution in [0.4, 0.5) is 11.4 Å². The first-order chi connectivity index (χ1) is 8.16. The molecule has 1 fully saturated rings. The van der Waals surface area contributed by atoms with Crippen LogP contribution in [0.1, 0.15) is 12.8 Å². The fourth-order valence-corrected chi connectivity index (χ4v) is 1.77. The minimum absolute atomic E-state index is 0.0580. The van der Waals surface area contributed by atoms with E-state index in [0.29, 0.717) is 18.2 Å². The minimum Gasteiger partial charge on any atom is -0.397 e. The van der Waals surface area contributed by atoms with Gasteiger partial charge >= 0.3 is 0 Å². The zero-order chi connectivity index (χ0) is 12.3. The van der Waals surface area contributed by atoms with Crippen molar-refractivity contribution in [1.29, 1.82) is 0 Å². The number of hydrogen-bond donors (Lipinski definition) is 2. The number of carbonyl (C=O) groups excluding carboxylic acids is 1. The van der Waals surface area contributed by atoms with E-state index in [1.165, 1.54) is 12.8 Å². The molecule has 1 saturated carbocycles. The number of nitrogens with one attached hydrogen (secondary N) is 1. The minimum atomic E-state index is 0.0580. The maximum Gasteiger partial charge on any atom is 0.239 e. The first kappa shape index (κ1) is 11.8. The third-order valence-corrected chi connectivity index (χ3v) is 3.01. The lowest BCUT2D eigenvalue weighted by Gasteiger charge is -2.20. The van der Waals surface area contributed by atoms with Crippen molar-refractivity contribution < 1.29 is 4.79 Å². The number of anilines is 2. The van der Waals surface area contributed by atoms with Crippen LogP contribution in [0.2, 0.25) is 0 Å². The van der Waals surface area contributed by atoms with Gasteiger partial charge in [-0.05, 0) is 30.9 Å². The quantitative estimate of drug-likeness (QED) is 0.752. The van der Waals surface area contributed by atoms with Gasteiger partial charge in [0.1, 0.15) is 0 Å². The molecule has 3 N–H and O–H groups in total. The molecule has 1 aliphatic rings. The molecule has 17 heavy (non-hydrogen) atoms. The van der Waals surface area contributed by atoms with E-state index in [-0.39, 0.29) is 5.91 Å². The third-order valence-electron chi connectivity index (χ3n) is 3.01. The number of benzene rings is 1. The molecule has 0 spiro atoms. The molecular formula is C13H19N3O. The lowest BCUT2D eigenvalue weighted by atomic mass is 10.2. The molecule has 0 saturated heterocycles. The molecule has 0 radical (unpaired) electrons. The lowest BCUT2D eigenvalue weighted by molar-refractivity contribution is -0.119. The standard InChI is InChI=1S/C13H19N3O/c1-16(12-5-3-2-4-11(12)14)9-13(17)15-8-10-6-7-10/h2-5,10H,6-9,14H2,1H3,(H,15,17). The summed E-state index contributed by atoms with van der Waals surface area (Å²) in [4.78, 5) is 13.5. The first-order valence-electron chi connectivity index (χ1n) is 5.99. The predicted molar refractivity (Wildman–Crippen MR) is 69.9 cm³/mol. The van der Waals surface area contributed by atoms with E-state index in [9.17, 15) is 4.79 Å². The zero-order valence-corrected chi connectivity index (χ0v) is 10.1. The summed E-state index contributed by atoms with van der Waals surface area (Å²) in [6.07, 6.45) is 2.50. The van der Waals surface area contributed by atoms with E-state index in [1.807, 2.05) is 36.2 Å². The van der Waals surface area contributed by atoms with Crippen LogP contribution in [-0.2, 0) is 4.79 Å². The average Bonchev–Trinajstić information content (AvgIpc) is 3.10. The van der Waals surface area contributed by atoms with Crippen molar-refractivity contribution in [2.75, 3.05) is 30.8 Å². The van der Waals surface area contributed by atoms with Crippen LogP contribution in [0.5, 0.6) is 0 Å². The average molecular weight is 233 g/mol. The molecule has 1 amide bonds. The van der Waals surface area contributed by atoms with Crippen LogP contribution >= 0.6 is 0 Å². The summed E-state index contributed by atoms with van der Waals surface area (Å²) in [5, 5.41) is 2.94. The summed E-state index contributed by atoms with van der Waals surface area (Å²) in [5.41, 5.74) is 7.45. The van der Waals surface area contributed by atoms with Gasteiger partial charge in [-0.2, -0.15) is 0 Å². The Bertz CT molecular complexity index is 401. The van der Waals surface area contributed by atoms with Crippen LogP contribution in [0, 0.1) is 5.92 Å². The normalized spacial score (nSPS) is 14.4. The molecular weight excluding hydrogens is 214 g/mol. The topological polar surface area (TPSA) is 58.4 Å². The second-order valence-electron chi connectivity index (χ2n) is 4.66. The number of hydrogen-bond acceptors (Lipinski definition) is 3. The summed E-state index contributed by atoms with van der Waals surface area (Å²) in [5.74, 6) is 0.772. The number of para-hydroxylation sites is 2. The summed E-state index contributed by atoms with van der Waals surface area (Å²) >= 11 is 0. The van der Waals surface area contributed by atoms with Gasteiger partial charge in [-0.15, -0.1) is 0 Å². The van der Waals surface area contributed by atoms with Gasteiger partial charge < -0.3 is 16.0 Å². The Morgan fingerprint density at radius 3 is 2.82 bits per heavy atom. The van der Waals surface area contributed by atoms with Gasteiger partial charge in [0.2, 0.25) is 5.91 Å². The Balaban J connectivity index is 1.85. The SMILES string of the molecule is CN(CC(=O)NCC1CC1)c1ccccc1N. The van der Waals surface area contributed by atoms with E-state index in [2.05, 4.69) is 5.32 Å². The smallest absolute Gasteiger partial charge is 0.239 e. The Kier molecular flexibility index (Phi) is 3.52. The van der Waals surface area contributed by atoms with Gasteiger partial charge in [0, 0.05) is 13.6 Å². The van der Waals surface area contributed by atoms with E-state index in [4.69, 9.17) is 5.73 Å². The van der Waals surface area contributed by atoms with E-state index in [0.717, 1.165) is 12.2 Å².